The molecule has 3 heterocycles. The summed E-state index contributed by atoms with van der Waals surface area (Å²) in [4.78, 5) is 9.08. The molecule has 1 aromatic carbocycles. The fourth-order valence-electron chi connectivity index (χ4n) is 3.43. The molecule has 0 aliphatic carbocycles. The highest BCUT2D eigenvalue weighted by atomic mass is 19.1. The highest BCUT2D eigenvalue weighted by Crippen LogP contribution is 2.25. The van der Waals surface area contributed by atoms with Crippen molar-refractivity contribution >= 4 is 5.82 Å². The number of halogens is 1. The summed E-state index contributed by atoms with van der Waals surface area (Å²) < 4.78 is 19.3. The molecule has 0 bridgehead atoms. The predicted molar refractivity (Wildman–Crippen MR) is 103 cm³/mol. The van der Waals surface area contributed by atoms with Gasteiger partial charge in [-0.05, 0) is 44.0 Å². The number of benzene rings is 1. The molecule has 146 valence electrons. The Morgan fingerprint density at radius 2 is 2.04 bits per heavy atom. The van der Waals surface area contributed by atoms with Gasteiger partial charge in [0.15, 0.2) is 5.82 Å². The van der Waals surface area contributed by atoms with Crippen molar-refractivity contribution in [3.8, 4) is 11.4 Å². The van der Waals surface area contributed by atoms with E-state index in [1.807, 2.05) is 18.2 Å². The SMILES string of the molecule is Cc1ccc(-c2noc(C(C)N3CCCN(c4cccnn4)CC3)n2)cc1F. The standard InChI is InChI=1S/C20H23FN6O/c1-14-6-7-16(13-17(14)21)19-23-20(28-25-19)15(2)26-9-4-10-27(12-11-26)18-5-3-8-22-24-18/h3,5-8,13,15H,4,9-12H2,1-2H3. The van der Waals surface area contributed by atoms with Crippen molar-refractivity contribution in [3.05, 3.63) is 53.8 Å². The van der Waals surface area contributed by atoms with Crippen molar-refractivity contribution < 1.29 is 8.91 Å². The number of aryl methyl sites for hydroxylation is 1. The molecule has 1 fully saturated rings. The van der Waals surface area contributed by atoms with Gasteiger partial charge in [-0.1, -0.05) is 17.3 Å². The Labute approximate surface area is 163 Å². The summed E-state index contributed by atoms with van der Waals surface area (Å²) in [5.74, 6) is 1.59. The Bertz CT molecular complexity index is 931. The third-order valence-electron chi connectivity index (χ3n) is 5.19. The third kappa shape index (κ3) is 3.87. The van der Waals surface area contributed by atoms with Crippen molar-refractivity contribution in [3.63, 3.8) is 0 Å². The van der Waals surface area contributed by atoms with Gasteiger partial charge in [0, 0.05) is 37.9 Å². The maximum atomic E-state index is 13.8. The number of hydrogen-bond donors (Lipinski definition) is 0. The minimum Gasteiger partial charge on any atom is -0.354 e. The van der Waals surface area contributed by atoms with Crippen LogP contribution in [0, 0.1) is 12.7 Å². The van der Waals surface area contributed by atoms with Crippen molar-refractivity contribution in [2.24, 2.45) is 0 Å². The van der Waals surface area contributed by atoms with Crippen LogP contribution in [0.25, 0.3) is 11.4 Å². The first-order valence-electron chi connectivity index (χ1n) is 9.48. The molecule has 28 heavy (non-hydrogen) atoms. The molecule has 4 rings (SSSR count). The molecule has 0 saturated carbocycles. The first-order chi connectivity index (χ1) is 13.6. The van der Waals surface area contributed by atoms with Gasteiger partial charge in [-0.15, -0.1) is 5.10 Å². The lowest BCUT2D eigenvalue weighted by molar-refractivity contribution is 0.184. The summed E-state index contributed by atoms with van der Waals surface area (Å²) in [7, 11) is 0. The van der Waals surface area contributed by atoms with E-state index < -0.39 is 0 Å². The monoisotopic (exact) mass is 382 g/mol. The zero-order valence-corrected chi connectivity index (χ0v) is 16.0. The van der Waals surface area contributed by atoms with Crippen LogP contribution >= 0.6 is 0 Å². The van der Waals surface area contributed by atoms with Gasteiger partial charge in [-0.25, -0.2) is 4.39 Å². The smallest absolute Gasteiger partial charge is 0.244 e. The second kappa shape index (κ2) is 8.02. The minimum absolute atomic E-state index is 0.0154. The highest BCUT2D eigenvalue weighted by Gasteiger charge is 2.25. The molecule has 1 saturated heterocycles. The molecule has 7 nitrogen and oxygen atoms in total. The number of hydrogen-bond acceptors (Lipinski definition) is 7. The van der Waals surface area contributed by atoms with Crippen molar-refractivity contribution in [1.29, 1.82) is 0 Å². The van der Waals surface area contributed by atoms with Crippen LogP contribution in [0.1, 0.15) is 30.8 Å². The predicted octanol–water partition coefficient (Wildman–Crippen LogP) is 3.25. The van der Waals surface area contributed by atoms with Crippen LogP contribution in [0.15, 0.2) is 41.1 Å². The second-order valence-electron chi connectivity index (χ2n) is 7.05. The first kappa shape index (κ1) is 18.5. The largest absolute Gasteiger partial charge is 0.354 e. The van der Waals surface area contributed by atoms with E-state index in [4.69, 9.17) is 4.52 Å². The summed E-state index contributed by atoms with van der Waals surface area (Å²) >= 11 is 0. The van der Waals surface area contributed by atoms with E-state index in [0.29, 0.717) is 22.8 Å². The Balaban J connectivity index is 1.45. The number of aromatic nitrogens is 4. The van der Waals surface area contributed by atoms with Crippen LogP contribution in [0.2, 0.25) is 0 Å². The second-order valence-corrected chi connectivity index (χ2v) is 7.05. The molecule has 1 atom stereocenters. The summed E-state index contributed by atoms with van der Waals surface area (Å²) in [6.07, 6.45) is 2.69. The van der Waals surface area contributed by atoms with Gasteiger partial charge in [0.2, 0.25) is 11.7 Å². The maximum Gasteiger partial charge on any atom is 0.244 e. The van der Waals surface area contributed by atoms with Crippen LogP contribution in [0.3, 0.4) is 0 Å². The zero-order valence-electron chi connectivity index (χ0n) is 16.0. The maximum absolute atomic E-state index is 13.8. The molecule has 0 N–H and O–H groups in total. The van der Waals surface area contributed by atoms with E-state index in [0.717, 1.165) is 38.4 Å². The van der Waals surface area contributed by atoms with Crippen LogP contribution in [-0.4, -0.2) is 51.4 Å². The Morgan fingerprint density at radius 3 is 2.82 bits per heavy atom. The zero-order chi connectivity index (χ0) is 19.5. The van der Waals surface area contributed by atoms with Crippen LogP contribution in [0.5, 0.6) is 0 Å². The quantitative estimate of drug-likeness (QED) is 0.686. The normalized spacial score (nSPS) is 16.8. The van der Waals surface area contributed by atoms with Crippen molar-refractivity contribution in [2.75, 3.05) is 31.1 Å². The summed E-state index contributed by atoms with van der Waals surface area (Å²) in [5, 5.41) is 12.2. The Hall–Kier alpha value is -2.87. The van der Waals surface area contributed by atoms with Gasteiger partial charge >= 0.3 is 0 Å². The van der Waals surface area contributed by atoms with Crippen LogP contribution < -0.4 is 4.90 Å². The summed E-state index contributed by atoms with van der Waals surface area (Å²) in [5.41, 5.74) is 1.22. The van der Waals surface area contributed by atoms with E-state index in [2.05, 4.69) is 37.1 Å². The lowest BCUT2D eigenvalue weighted by Crippen LogP contribution is -2.33. The van der Waals surface area contributed by atoms with Crippen LogP contribution in [0.4, 0.5) is 10.2 Å². The molecule has 1 aliphatic heterocycles. The lowest BCUT2D eigenvalue weighted by Gasteiger charge is -2.25. The van der Waals surface area contributed by atoms with E-state index in [1.54, 1.807) is 19.2 Å². The van der Waals surface area contributed by atoms with Crippen molar-refractivity contribution in [1.82, 2.24) is 25.2 Å². The molecule has 2 aromatic heterocycles. The minimum atomic E-state index is -0.270. The van der Waals surface area contributed by atoms with Gasteiger partial charge in [-0.2, -0.15) is 10.1 Å². The van der Waals surface area contributed by atoms with Gasteiger partial charge in [0.1, 0.15) is 5.82 Å². The Kier molecular flexibility index (Phi) is 5.29. The summed E-state index contributed by atoms with van der Waals surface area (Å²) in [6.45, 7) is 7.35. The molecular weight excluding hydrogens is 359 g/mol. The number of anilines is 1. The molecule has 8 heteroatoms. The molecular formula is C20H23FN6O. The van der Waals surface area contributed by atoms with Gasteiger partial charge in [-0.3, -0.25) is 4.90 Å². The molecule has 3 aromatic rings. The van der Waals surface area contributed by atoms with Gasteiger partial charge < -0.3 is 9.42 Å². The fraction of sp³-hybridized carbons (Fsp3) is 0.400. The van der Waals surface area contributed by atoms with Crippen molar-refractivity contribution in [2.45, 2.75) is 26.3 Å². The molecule has 0 amide bonds. The summed E-state index contributed by atoms with van der Waals surface area (Å²) in [6, 6.07) is 8.85. The Morgan fingerprint density at radius 1 is 1.14 bits per heavy atom. The van der Waals surface area contributed by atoms with E-state index in [1.165, 1.54) is 6.07 Å². The molecule has 1 aliphatic rings. The van der Waals surface area contributed by atoms with Crippen LogP contribution in [-0.2, 0) is 0 Å². The third-order valence-corrected chi connectivity index (χ3v) is 5.19. The van der Waals surface area contributed by atoms with Gasteiger partial charge in [0.25, 0.3) is 0 Å². The van der Waals surface area contributed by atoms with Gasteiger partial charge in [0.05, 0.1) is 6.04 Å². The average molecular weight is 382 g/mol. The topological polar surface area (TPSA) is 71.2 Å². The molecule has 1 unspecified atom stereocenters. The molecule has 0 radical (unpaired) electrons. The fourth-order valence-corrected chi connectivity index (χ4v) is 3.43. The van der Waals surface area contributed by atoms with E-state index in [9.17, 15) is 4.39 Å². The van der Waals surface area contributed by atoms with E-state index in [-0.39, 0.29) is 11.9 Å². The average Bonchev–Trinajstić information content (AvgIpc) is 3.08. The highest BCUT2D eigenvalue weighted by molar-refractivity contribution is 5.55. The first-order valence-corrected chi connectivity index (χ1v) is 9.48. The number of rotatable bonds is 4. The number of nitrogens with zero attached hydrogens (tertiary/aromatic N) is 6. The molecule has 0 spiro atoms. The van der Waals surface area contributed by atoms with E-state index >= 15 is 0 Å². The lowest BCUT2D eigenvalue weighted by atomic mass is 10.1.